The number of urea groups is 1. The van der Waals surface area contributed by atoms with E-state index in [1.807, 2.05) is 0 Å². The fourth-order valence-corrected chi connectivity index (χ4v) is 2.34. The van der Waals surface area contributed by atoms with Crippen LogP contribution in [0.5, 0.6) is 0 Å². The van der Waals surface area contributed by atoms with Gasteiger partial charge in [-0.3, -0.25) is 0 Å². The molecule has 1 aliphatic heterocycles. The Balaban J connectivity index is 1.93. The van der Waals surface area contributed by atoms with Gasteiger partial charge in [0.25, 0.3) is 0 Å². The van der Waals surface area contributed by atoms with Gasteiger partial charge >= 0.3 is 6.03 Å². The molecule has 6 heteroatoms. The summed E-state index contributed by atoms with van der Waals surface area (Å²) in [6.45, 7) is 1.81. The number of nitrogens with zero attached hydrogens (tertiary/aromatic N) is 1. The highest BCUT2D eigenvalue weighted by Gasteiger charge is 2.23. The third kappa shape index (κ3) is 3.45. The number of carbonyl (C=O) groups excluding carboxylic acids is 1. The zero-order valence-corrected chi connectivity index (χ0v) is 11.4. The molecule has 0 radical (unpaired) electrons. The van der Waals surface area contributed by atoms with E-state index in [1.54, 1.807) is 12.0 Å². The summed E-state index contributed by atoms with van der Waals surface area (Å²) in [5.74, 6) is -1.10. The first kappa shape index (κ1) is 14.7. The first-order chi connectivity index (χ1) is 9.61. The van der Waals surface area contributed by atoms with Crippen LogP contribution < -0.4 is 5.32 Å². The number of anilines is 1. The quantitative estimate of drug-likeness (QED) is 0.927. The summed E-state index contributed by atoms with van der Waals surface area (Å²) < 4.78 is 32.0. The van der Waals surface area contributed by atoms with Crippen molar-refractivity contribution in [2.75, 3.05) is 32.1 Å². The van der Waals surface area contributed by atoms with Crippen LogP contribution in [0.3, 0.4) is 0 Å². The minimum atomic E-state index is -0.771. The Morgan fingerprint density at radius 3 is 2.50 bits per heavy atom. The average Bonchev–Trinajstić information content (AvgIpc) is 2.44. The van der Waals surface area contributed by atoms with Crippen LogP contribution in [0.1, 0.15) is 12.8 Å². The van der Waals surface area contributed by atoms with Crippen LogP contribution in [0, 0.1) is 17.6 Å². The van der Waals surface area contributed by atoms with Crippen molar-refractivity contribution in [2.24, 2.45) is 5.92 Å². The number of likely N-dealkylation sites (tertiary alicyclic amines) is 1. The third-order valence-electron chi connectivity index (χ3n) is 3.50. The Hall–Kier alpha value is -1.69. The van der Waals surface area contributed by atoms with Crippen molar-refractivity contribution in [3.8, 4) is 0 Å². The van der Waals surface area contributed by atoms with Crippen molar-refractivity contribution in [2.45, 2.75) is 12.8 Å². The van der Waals surface area contributed by atoms with Crippen molar-refractivity contribution in [3.63, 3.8) is 0 Å². The molecule has 20 heavy (non-hydrogen) atoms. The maximum atomic E-state index is 13.5. The number of piperidine rings is 1. The normalized spacial score (nSPS) is 16.2. The van der Waals surface area contributed by atoms with E-state index in [9.17, 15) is 13.6 Å². The zero-order valence-electron chi connectivity index (χ0n) is 11.4. The molecule has 1 aromatic rings. The Labute approximate surface area is 116 Å². The number of rotatable bonds is 3. The van der Waals surface area contributed by atoms with Crippen molar-refractivity contribution in [1.82, 2.24) is 4.90 Å². The van der Waals surface area contributed by atoms with Gasteiger partial charge in [0.2, 0.25) is 0 Å². The lowest BCUT2D eigenvalue weighted by Crippen LogP contribution is -2.42. The first-order valence-electron chi connectivity index (χ1n) is 6.60. The van der Waals surface area contributed by atoms with Gasteiger partial charge in [-0.25, -0.2) is 13.6 Å². The van der Waals surface area contributed by atoms with Gasteiger partial charge in [0.1, 0.15) is 17.3 Å². The number of nitrogens with one attached hydrogen (secondary N) is 1. The van der Waals surface area contributed by atoms with Gasteiger partial charge in [-0.2, -0.15) is 0 Å². The van der Waals surface area contributed by atoms with Gasteiger partial charge in [-0.1, -0.05) is 6.07 Å². The highest BCUT2D eigenvalue weighted by Crippen LogP contribution is 2.21. The number of amides is 2. The molecule has 1 aliphatic rings. The number of methoxy groups -OCH3 is 1. The van der Waals surface area contributed by atoms with E-state index in [-0.39, 0.29) is 0 Å². The monoisotopic (exact) mass is 284 g/mol. The number of halogens is 2. The summed E-state index contributed by atoms with van der Waals surface area (Å²) in [4.78, 5) is 13.6. The van der Waals surface area contributed by atoms with E-state index in [0.29, 0.717) is 25.6 Å². The van der Waals surface area contributed by atoms with Gasteiger partial charge in [0.05, 0.1) is 0 Å². The van der Waals surface area contributed by atoms with E-state index < -0.39 is 23.4 Å². The van der Waals surface area contributed by atoms with Crippen LogP contribution in [0.2, 0.25) is 0 Å². The predicted octanol–water partition coefficient (Wildman–Crippen LogP) is 2.86. The molecular weight excluding hydrogens is 266 g/mol. The van der Waals surface area contributed by atoms with Gasteiger partial charge in [0.15, 0.2) is 0 Å². The Bertz CT molecular complexity index is 454. The van der Waals surface area contributed by atoms with Crippen LogP contribution >= 0.6 is 0 Å². The maximum absolute atomic E-state index is 13.5. The molecule has 4 nitrogen and oxygen atoms in total. The number of para-hydroxylation sites is 1. The summed E-state index contributed by atoms with van der Waals surface area (Å²) in [6.07, 6.45) is 1.67. The topological polar surface area (TPSA) is 41.6 Å². The lowest BCUT2D eigenvalue weighted by molar-refractivity contribution is 0.110. The van der Waals surface area contributed by atoms with E-state index >= 15 is 0 Å². The highest BCUT2D eigenvalue weighted by molar-refractivity contribution is 5.89. The lowest BCUT2D eigenvalue weighted by Gasteiger charge is -2.31. The number of benzene rings is 1. The molecule has 110 valence electrons. The van der Waals surface area contributed by atoms with E-state index in [0.717, 1.165) is 25.0 Å². The smallest absolute Gasteiger partial charge is 0.322 e. The first-order valence-corrected chi connectivity index (χ1v) is 6.60. The molecule has 0 bridgehead atoms. The predicted molar refractivity (Wildman–Crippen MR) is 71.5 cm³/mol. The summed E-state index contributed by atoms with van der Waals surface area (Å²) in [6, 6.07) is 3.02. The molecule has 1 N–H and O–H groups in total. The second-order valence-electron chi connectivity index (χ2n) is 4.91. The Morgan fingerprint density at radius 1 is 1.35 bits per heavy atom. The highest BCUT2D eigenvalue weighted by atomic mass is 19.1. The molecule has 0 aromatic heterocycles. The van der Waals surface area contributed by atoms with Crippen LogP contribution in [-0.2, 0) is 4.74 Å². The molecule has 0 atom stereocenters. The van der Waals surface area contributed by atoms with Crippen LogP contribution in [0.15, 0.2) is 18.2 Å². The number of hydrogen-bond acceptors (Lipinski definition) is 2. The molecule has 0 saturated carbocycles. The summed E-state index contributed by atoms with van der Waals surface area (Å²) >= 11 is 0. The second-order valence-corrected chi connectivity index (χ2v) is 4.91. The molecule has 2 amide bonds. The molecule has 0 aliphatic carbocycles. The molecule has 0 unspecified atom stereocenters. The maximum Gasteiger partial charge on any atom is 0.322 e. The van der Waals surface area contributed by atoms with Gasteiger partial charge in [-0.05, 0) is 30.9 Å². The van der Waals surface area contributed by atoms with Crippen LogP contribution in [0.4, 0.5) is 19.3 Å². The fraction of sp³-hybridized carbons (Fsp3) is 0.500. The minimum absolute atomic E-state index is 0.392. The second kappa shape index (κ2) is 6.65. The van der Waals surface area contributed by atoms with Crippen LogP contribution in [0.25, 0.3) is 0 Å². The van der Waals surface area contributed by atoms with Crippen molar-refractivity contribution in [3.05, 3.63) is 29.8 Å². The Kier molecular flexibility index (Phi) is 4.89. The third-order valence-corrected chi connectivity index (χ3v) is 3.50. The molecule has 1 heterocycles. The molecule has 2 rings (SSSR count). The SMILES string of the molecule is COCC1CCN(C(=O)Nc2c(F)cccc2F)CC1. The summed E-state index contributed by atoms with van der Waals surface area (Å²) in [5, 5.41) is 2.30. The largest absolute Gasteiger partial charge is 0.384 e. The van der Waals surface area contributed by atoms with Gasteiger partial charge < -0.3 is 15.0 Å². The van der Waals surface area contributed by atoms with Gasteiger partial charge in [-0.15, -0.1) is 0 Å². The molecule has 1 aromatic carbocycles. The molecular formula is C14H18F2N2O2. The van der Waals surface area contributed by atoms with E-state index in [4.69, 9.17) is 4.74 Å². The van der Waals surface area contributed by atoms with Crippen molar-refractivity contribution >= 4 is 11.7 Å². The standard InChI is InChI=1S/C14H18F2N2O2/c1-20-9-10-5-7-18(8-6-10)14(19)17-13-11(15)3-2-4-12(13)16/h2-4,10H,5-9H2,1H3,(H,17,19). The lowest BCUT2D eigenvalue weighted by atomic mass is 9.98. The number of ether oxygens (including phenoxy) is 1. The fourth-order valence-electron chi connectivity index (χ4n) is 2.34. The van der Waals surface area contributed by atoms with Crippen molar-refractivity contribution < 1.29 is 18.3 Å². The van der Waals surface area contributed by atoms with Crippen molar-refractivity contribution in [1.29, 1.82) is 0 Å². The number of carbonyl (C=O) groups is 1. The van der Waals surface area contributed by atoms with E-state index in [2.05, 4.69) is 5.32 Å². The molecule has 1 fully saturated rings. The summed E-state index contributed by atoms with van der Waals surface area (Å²) in [7, 11) is 1.65. The van der Waals surface area contributed by atoms with Gasteiger partial charge in [0, 0.05) is 26.8 Å². The number of hydrogen-bond donors (Lipinski definition) is 1. The van der Waals surface area contributed by atoms with E-state index in [1.165, 1.54) is 6.07 Å². The summed E-state index contributed by atoms with van der Waals surface area (Å²) in [5.41, 5.74) is -0.392. The molecule has 0 spiro atoms. The zero-order chi connectivity index (χ0) is 14.5. The van der Waals surface area contributed by atoms with Crippen LogP contribution in [-0.4, -0.2) is 37.7 Å². The molecule has 1 saturated heterocycles. The average molecular weight is 284 g/mol. The Morgan fingerprint density at radius 2 is 1.95 bits per heavy atom. The minimum Gasteiger partial charge on any atom is -0.384 e.